The maximum Gasteiger partial charge on any atom is 0.157 e. The van der Waals surface area contributed by atoms with Crippen LogP contribution in [0.2, 0.25) is 15.1 Å². The van der Waals surface area contributed by atoms with Gasteiger partial charge in [-0.25, -0.2) is 0 Å². The summed E-state index contributed by atoms with van der Waals surface area (Å²) in [5.74, 6) is 10.5. The molecule has 12 aliphatic rings. The number of nitrogens with one attached hydrogen (secondary N) is 1. The van der Waals surface area contributed by atoms with Crippen molar-refractivity contribution in [1.29, 1.82) is 0 Å². The predicted octanol–water partition coefficient (Wildman–Crippen LogP) is 21.6. The number of aromatic amines is 1. The number of aliphatic hydroxyl groups is 3. The van der Waals surface area contributed by atoms with Gasteiger partial charge in [-0.2, -0.15) is 15.3 Å². The van der Waals surface area contributed by atoms with Crippen molar-refractivity contribution in [3.8, 4) is 0 Å². The molecule has 12 saturated carbocycles. The van der Waals surface area contributed by atoms with E-state index >= 15 is 0 Å². The first kappa shape index (κ1) is 77.1. The molecule has 0 saturated heterocycles. The molecule has 3 heterocycles. The Balaban J connectivity index is 0.000000124. The van der Waals surface area contributed by atoms with Crippen LogP contribution in [0.25, 0.3) is 32.7 Å². The molecule has 12 fully saturated rings. The van der Waals surface area contributed by atoms with Gasteiger partial charge in [0.2, 0.25) is 0 Å². The molecule has 0 amide bonds. The van der Waals surface area contributed by atoms with Gasteiger partial charge >= 0.3 is 0 Å². The van der Waals surface area contributed by atoms with Crippen LogP contribution < -0.4 is 0 Å². The standard InChI is InChI=1S/2C29H39ClN2O2.C22H35BrO2.C7H5ClN2.CH4/c1-27(34)12-13-28(2)19(15-27)4-6-21-22-7-8-24(29(22,3)11-10-23(21)28)26(33)17-32-16-18-14-20(30)5-9-25(18)31-32;1-27(34)12-13-28(2)19(15-27)4-6-21-22-7-8-24(29(22,3)11-10-23(21)28)26(33)17-32-25-9-5-20(30)14-18(25)16-31-32;1-20(25)10-11-21(2)14(12-20)4-5-15-16-6-7-18(19(24)13-23)22(16,3)9-8-17(15)21;8-6-1-2-7-5(3-6)4-9-10-7;/h2*5,9,14,16,19,21-24,34H,4,6-8,10-13,15,17H2,1-3H3;14-18,25H,4-13H2,1-3H3;1-4H,(H,9,10);1H4/t2*19-,21+,22+,23+,24-,27-,28+,29+;14-,15+,16+,17+,18-,20-,21+,22+;;/m111../s1. The second-order valence-electron chi connectivity index (χ2n) is 38.8. The lowest BCUT2D eigenvalue weighted by molar-refractivity contribution is -0.151. The molecule has 0 radical (unpaired) electrons. The zero-order valence-corrected chi connectivity index (χ0v) is 67.0. The fraction of sp³-hybridized carbons (Fsp3) is 0.727. The average molecular weight is 1550 g/mol. The number of Topliss-reactive ketones (excluding diaryl/α,β-unsaturated/α-hetero) is 3. The van der Waals surface area contributed by atoms with Crippen LogP contribution in [0.4, 0.5) is 0 Å². The van der Waals surface area contributed by atoms with E-state index in [4.69, 9.17) is 34.8 Å². The van der Waals surface area contributed by atoms with Crippen LogP contribution in [0.5, 0.6) is 0 Å². The third-order valence-electron chi connectivity index (χ3n) is 33.3. The van der Waals surface area contributed by atoms with E-state index in [0.29, 0.717) is 91.6 Å². The first-order valence-corrected chi connectivity index (χ1v) is 42.7. The molecule has 0 spiro atoms. The first-order valence-electron chi connectivity index (χ1n) is 40.4. The molecule has 6 aromatic rings. The maximum atomic E-state index is 13.7. The second-order valence-corrected chi connectivity index (χ2v) is 40.6. The van der Waals surface area contributed by atoms with Gasteiger partial charge in [0.25, 0.3) is 0 Å². The van der Waals surface area contributed by atoms with Crippen molar-refractivity contribution in [3.63, 3.8) is 0 Å². The molecule has 3 aromatic heterocycles. The normalized spacial score (nSPS) is 42.9. The van der Waals surface area contributed by atoms with Crippen LogP contribution in [0.15, 0.2) is 73.2 Å². The van der Waals surface area contributed by atoms with Gasteiger partial charge in [0, 0.05) is 55.2 Å². The Hall–Kier alpha value is -3.69. The number of alkyl halides is 1. The van der Waals surface area contributed by atoms with E-state index in [9.17, 15) is 29.7 Å². The van der Waals surface area contributed by atoms with Gasteiger partial charge < -0.3 is 15.3 Å². The predicted molar refractivity (Wildman–Crippen MR) is 424 cm³/mol. The monoisotopic (exact) mass is 1540 g/mol. The topological polar surface area (TPSA) is 176 Å². The zero-order chi connectivity index (χ0) is 72.8. The molecule has 18 rings (SSSR count). The van der Waals surface area contributed by atoms with Crippen molar-refractivity contribution >= 4 is 101 Å². The highest BCUT2D eigenvalue weighted by molar-refractivity contribution is 9.09. The minimum absolute atomic E-state index is 0. The van der Waals surface area contributed by atoms with E-state index in [1.807, 2.05) is 97.1 Å². The summed E-state index contributed by atoms with van der Waals surface area (Å²) in [7, 11) is 0. The molecule has 0 bridgehead atoms. The van der Waals surface area contributed by atoms with Crippen LogP contribution in [-0.4, -0.2) is 84.6 Å². The van der Waals surface area contributed by atoms with Crippen molar-refractivity contribution in [2.45, 2.75) is 273 Å². The van der Waals surface area contributed by atoms with E-state index < -0.39 is 16.8 Å². The van der Waals surface area contributed by atoms with Gasteiger partial charge in [-0.05, 0) is 352 Å². The summed E-state index contributed by atoms with van der Waals surface area (Å²) in [6.45, 7) is 21.8. The van der Waals surface area contributed by atoms with Crippen molar-refractivity contribution in [1.82, 2.24) is 29.8 Å². The van der Waals surface area contributed by atoms with Crippen molar-refractivity contribution < 1.29 is 29.7 Å². The number of ketones is 3. The molecule has 24 atom stereocenters. The summed E-state index contributed by atoms with van der Waals surface area (Å²) in [6, 6.07) is 17.1. The Bertz CT molecular complexity index is 4150. The number of carbonyl (C=O) groups is 3. The highest BCUT2D eigenvalue weighted by Gasteiger charge is 2.65. The lowest BCUT2D eigenvalue weighted by atomic mass is 9.44. The minimum Gasteiger partial charge on any atom is -0.390 e. The van der Waals surface area contributed by atoms with E-state index in [-0.39, 0.29) is 41.4 Å². The Kier molecular flexibility index (Phi) is 21.2. The van der Waals surface area contributed by atoms with Crippen LogP contribution in [-0.2, 0) is 27.5 Å². The molecule has 16 heteroatoms. The molecular weight excluding hydrogens is 1420 g/mol. The van der Waals surface area contributed by atoms with Crippen LogP contribution >= 0.6 is 50.7 Å². The molecule has 568 valence electrons. The molecule has 3 aromatic carbocycles. The molecule has 0 aliphatic heterocycles. The summed E-state index contributed by atoms with van der Waals surface area (Å²) in [4.78, 5) is 39.8. The number of benzene rings is 3. The van der Waals surface area contributed by atoms with E-state index in [2.05, 4.69) is 77.9 Å². The van der Waals surface area contributed by atoms with Gasteiger partial charge in [-0.1, -0.05) is 99.7 Å². The van der Waals surface area contributed by atoms with Gasteiger partial charge in [-0.15, -0.1) is 0 Å². The van der Waals surface area contributed by atoms with Crippen molar-refractivity contribution in [2.75, 3.05) is 5.33 Å². The van der Waals surface area contributed by atoms with Gasteiger partial charge in [-0.3, -0.25) is 28.8 Å². The maximum absolute atomic E-state index is 13.7. The number of hydrogen-bond acceptors (Lipinski definition) is 9. The molecule has 12 nitrogen and oxygen atoms in total. The SMILES string of the molecule is C.C[C@@]1(O)CC[C@@]2(C)[C@H](CC[C@@H]3[C@@H]2CC[C@]2(C)[C@@H](C(=O)CBr)CC[C@@H]32)C1.C[C@@]1(O)CC[C@@]2(C)[C@H](CC[C@@H]3[C@@H]2CC[C@]2(C)[C@@H](C(=O)Cn4cc5cc(Cl)ccc5n4)CC[C@@H]32)C1.C[C@@]1(O)CC[C@@]2(C)[C@H](CC[C@@H]3[C@@H]2CC[C@]2(C)[C@@H](C(=O)Cn4ncc5cc(Cl)ccc54)CC[C@@H]32)C1.Clc1ccc2[nH]ncc2c1. The number of H-pyrrole nitrogens is 1. The van der Waals surface area contributed by atoms with E-state index in [1.54, 1.807) is 6.20 Å². The number of nitrogens with zero attached hydrogens (tertiary/aromatic N) is 5. The Morgan fingerprint density at radius 2 is 0.865 bits per heavy atom. The Morgan fingerprint density at radius 1 is 0.462 bits per heavy atom. The van der Waals surface area contributed by atoms with Gasteiger partial charge in [0.15, 0.2) is 11.6 Å². The first-order chi connectivity index (χ1) is 48.8. The smallest absolute Gasteiger partial charge is 0.157 e. The third-order valence-corrected chi connectivity index (χ3v) is 34.6. The lowest BCUT2D eigenvalue weighted by Crippen LogP contribution is -2.55. The van der Waals surface area contributed by atoms with Crippen molar-refractivity contribution in [2.24, 2.45) is 121 Å². The fourth-order valence-corrected chi connectivity index (χ4v) is 28.7. The third kappa shape index (κ3) is 13.7. The Labute approximate surface area is 643 Å². The summed E-state index contributed by atoms with van der Waals surface area (Å²) < 4.78 is 3.70. The number of aromatic nitrogens is 6. The minimum atomic E-state index is -0.479. The van der Waals surface area contributed by atoms with E-state index in [1.165, 1.54) is 103 Å². The van der Waals surface area contributed by atoms with Crippen molar-refractivity contribution in [3.05, 3.63) is 88.3 Å². The van der Waals surface area contributed by atoms with Crippen LogP contribution in [0, 0.1) is 121 Å². The Morgan fingerprint density at radius 3 is 1.33 bits per heavy atom. The largest absolute Gasteiger partial charge is 0.390 e. The van der Waals surface area contributed by atoms with E-state index in [0.717, 1.165) is 150 Å². The average Bonchev–Trinajstić information content (AvgIpc) is 1.36. The number of rotatable bonds is 8. The summed E-state index contributed by atoms with van der Waals surface area (Å²) >= 11 is 21.4. The number of carbonyl (C=O) groups excluding carboxylic acids is 3. The summed E-state index contributed by atoms with van der Waals surface area (Å²) in [5.41, 5.74) is 3.14. The zero-order valence-electron chi connectivity index (χ0n) is 63.1. The van der Waals surface area contributed by atoms with Crippen LogP contribution in [0.1, 0.15) is 243 Å². The quantitative estimate of drug-likeness (QED) is 0.108. The van der Waals surface area contributed by atoms with Crippen LogP contribution in [0.3, 0.4) is 0 Å². The summed E-state index contributed by atoms with van der Waals surface area (Å²) in [5, 5.41) is 53.7. The second kappa shape index (κ2) is 28.6. The molecule has 12 aliphatic carbocycles. The lowest BCUT2D eigenvalue weighted by Gasteiger charge is -2.61. The number of hydrogen-bond donors (Lipinski definition) is 4. The number of fused-ring (bicyclic) bond motifs is 18. The van der Waals surface area contributed by atoms with Gasteiger partial charge in [0.1, 0.15) is 12.3 Å². The molecule has 104 heavy (non-hydrogen) atoms. The highest BCUT2D eigenvalue weighted by atomic mass is 79.9. The molecule has 0 unspecified atom stereocenters. The molecule has 4 N–H and O–H groups in total. The summed E-state index contributed by atoms with van der Waals surface area (Å²) in [6.07, 6.45) is 36.7. The fourth-order valence-electron chi connectivity index (χ4n) is 27.7. The number of halogens is 4. The highest BCUT2D eigenvalue weighted by Crippen LogP contribution is 2.72. The molecular formula is C88H122BrCl3N6O6. The van der Waals surface area contributed by atoms with Gasteiger partial charge in [0.05, 0.1) is 57.6 Å².